The zero-order valence-electron chi connectivity index (χ0n) is 11.9. The molecule has 112 valence electrons. The molecule has 1 unspecified atom stereocenters. The number of nitrogens with zero attached hydrogens (tertiary/aromatic N) is 2. The van der Waals surface area contributed by atoms with Gasteiger partial charge in [-0.3, -0.25) is 10.2 Å². The van der Waals surface area contributed by atoms with Crippen molar-refractivity contribution in [2.75, 3.05) is 10.7 Å². The van der Waals surface area contributed by atoms with Crippen molar-refractivity contribution in [2.24, 2.45) is 5.84 Å². The van der Waals surface area contributed by atoms with E-state index in [1.165, 1.54) is 0 Å². The Bertz CT molecular complexity index is 681. The fourth-order valence-corrected chi connectivity index (χ4v) is 2.92. The second-order valence-electron chi connectivity index (χ2n) is 5.26. The molecule has 2 aromatic rings. The van der Waals surface area contributed by atoms with Gasteiger partial charge in [-0.2, -0.15) is 4.98 Å². The van der Waals surface area contributed by atoms with E-state index in [1.807, 2.05) is 19.9 Å². The third-order valence-electron chi connectivity index (χ3n) is 3.32. The summed E-state index contributed by atoms with van der Waals surface area (Å²) in [6.07, 6.45) is 2.14. The first-order chi connectivity index (χ1) is 10.1. The summed E-state index contributed by atoms with van der Waals surface area (Å²) in [6, 6.07) is 1.99. The average molecular weight is 306 g/mol. The first-order valence-corrected chi connectivity index (χ1v) is 7.70. The van der Waals surface area contributed by atoms with Crippen molar-refractivity contribution in [1.29, 1.82) is 0 Å². The van der Waals surface area contributed by atoms with E-state index < -0.39 is 0 Å². The van der Waals surface area contributed by atoms with E-state index in [4.69, 9.17) is 5.84 Å². The lowest BCUT2D eigenvalue weighted by atomic mass is 10.2. The van der Waals surface area contributed by atoms with Gasteiger partial charge in [0.05, 0.1) is 5.39 Å². The summed E-state index contributed by atoms with van der Waals surface area (Å²) in [6.45, 7) is 3.83. The van der Waals surface area contributed by atoms with Crippen LogP contribution in [0.1, 0.15) is 24.6 Å². The van der Waals surface area contributed by atoms with Crippen LogP contribution in [0.3, 0.4) is 0 Å². The molecule has 0 aliphatic heterocycles. The number of hydrazine groups is 1. The van der Waals surface area contributed by atoms with E-state index >= 15 is 0 Å². The summed E-state index contributed by atoms with van der Waals surface area (Å²) in [5, 5.41) is 7.03. The van der Waals surface area contributed by atoms with Gasteiger partial charge in [0.15, 0.2) is 0 Å². The number of carbonyl (C=O) groups is 1. The van der Waals surface area contributed by atoms with E-state index in [2.05, 4.69) is 26.0 Å². The molecule has 8 heteroatoms. The van der Waals surface area contributed by atoms with Gasteiger partial charge in [-0.25, -0.2) is 10.8 Å². The Kier molecular flexibility index (Phi) is 3.64. The minimum Gasteiger partial charge on any atom is -0.358 e. The quantitative estimate of drug-likeness (QED) is 0.491. The van der Waals surface area contributed by atoms with Crippen LogP contribution >= 0.6 is 11.3 Å². The van der Waals surface area contributed by atoms with Gasteiger partial charge in [0.1, 0.15) is 16.7 Å². The second kappa shape index (κ2) is 5.45. The molecule has 0 aromatic carbocycles. The number of nitrogens with one attached hydrogen (secondary N) is 3. The van der Waals surface area contributed by atoms with Crippen LogP contribution < -0.4 is 21.9 Å². The Hall–Kier alpha value is -1.93. The van der Waals surface area contributed by atoms with E-state index in [0.29, 0.717) is 17.8 Å². The van der Waals surface area contributed by atoms with E-state index in [0.717, 1.165) is 27.9 Å². The molecule has 0 saturated heterocycles. The third kappa shape index (κ3) is 3.06. The van der Waals surface area contributed by atoms with Crippen molar-refractivity contribution >= 4 is 39.2 Å². The number of carbonyl (C=O) groups excluding carboxylic acids is 1. The molecule has 1 amide bonds. The maximum Gasteiger partial charge on any atom is 0.242 e. The van der Waals surface area contributed by atoms with E-state index in [1.54, 1.807) is 11.3 Å². The summed E-state index contributed by atoms with van der Waals surface area (Å²) in [5.41, 5.74) is 2.46. The first-order valence-electron chi connectivity index (χ1n) is 6.88. The molecule has 1 aliphatic carbocycles. The number of hydrogen-bond donors (Lipinski definition) is 4. The van der Waals surface area contributed by atoms with Crippen LogP contribution in [0.4, 0.5) is 11.8 Å². The third-order valence-corrected chi connectivity index (χ3v) is 4.26. The van der Waals surface area contributed by atoms with Gasteiger partial charge >= 0.3 is 0 Å². The maximum absolute atomic E-state index is 12.0. The zero-order valence-corrected chi connectivity index (χ0v) is 12.8. The fraction of sp³-hybridized carbons (Fsp3) is 0.462. The number of fused-ring (bicyclic) bond motifs is 1. The molecule has 21 heavy (non-hydrogen) atoms. The van der Waals surface area contributed by atoms with Gasteiger partial charge in [0, 0.05) is 10.9 Å². The number of nitrogens with two attached hydrogens (primary N) is 1. The van der Waals surface area contributed by atoms with Gasteiger partial charge in [0.2, 0.25) is 11.9 Å². The highest BCUT2D eigenvalue weighted by Crippen LogP contribution is 2.29. The number of thiophene rings is 1. The largest absolute Gasteiger partial charge is 0.358 e. The molecule has 5 N–H and O–H groups in total. The molecule has 2 heterocycles. The number of rotatable bonds is 5. The zero-order chi connectivity index (χ0) is 15.0. The van der Waals surface area contributed by atoms with Crippen molar-refractivity contribution in [3.05, 3.63) is 10.9 Å². The Morgan fingerprint density at radius 1 is 1.48 bits per heavy atom. The van der Waals surface area contributed by atoms with Gasteiger partial charge in [-0.05, 0) is 32.8 Å². The van der Waals surface area contributed by atoms with Gasteiger partial charge in [-0.1, -0.05) is 0 Å². The SMILES string of the molecule is Cc1cc2c(NC(C)C(=O)NC3CC3)nc(NN)nc2s1. The van der Waals surface area contributed by atoms with Crippen molar-refractivity contribution in [1.82, 2.24) is 15.3 Å². The number of amides is 1. The molecular weight excluding hydrogens is 288 g/mol. The first kappa shape index (κ1) is 14.0. The highest BCUT2D eigenvalue weighted by molar-refractivity contribution is 7.18. The summed E-state index contributed by atoms with van der Waals surface area (Å²) in [4.78, 5) is 22.6. The van der Waals surface area contributed by atoms with Crippen LogP contribution in [-0.4, -0.2) is 28.0 Å². The molecule has 2 aromatic heterocycles. The molecular formula is C13H18N6OS. The monoisotopic (exact) mass is 306 g/mol. The molecule has 0 radical (unpaired) electrons. The minimum absolute atomic E-state index is 0.0153. The Labute approximate surface area is 126 Å². The topological polar surface area (TPSA) is 105 Å². The van der Waals surface area contributed by atoms with E-state index in [9.17, 15) is 4.79 Å². The average Bonchev–Trinajstić information content (AvgIpc) is 3.17. The maximum atomic E-state index is 12.0. The molecule has 0 bridgehead atoms. The van der Waals surface area contributed by atoms with Crippen LogP contribution in [0.25, 0.3) is 10.2 Å². The molecule has 1 aliphatic rings. The standard InChI is InChI=1S/C13H18N6OS/c1-6-5-9-10(17-13(19-14)18-12(9)21-6)15-7(2)11(20)16-8-3-4-8/h5,7-8H,3-4,14H2,1-2H3,(H,16,20)(H2,15,17,18,19). The number of hydrogen-bond acceptors (Lipinski definition) is 7. The number of anilines is 2. The van der Waals surface area contributed by atoms with Gasteiger partial charge < -0.3 is 10.6 Å². The predicted octanol–water partition coefficient (Wildman–Crippen LogP) is 1.36. The predicted molar refractivity (Wildman–Crippen MR) is 84.2 cm³/mol. The Morgan fingerprint density at radius 2 is 2.24 bits per heavy atom. The Balaban J connectivity index is 1.85. The molecule has 7 nitrogen and oxygen atoms in total. The van der Waals surface area contributed by atoms with Gasteiger partial charge in [0.25, 0.3) is 0 Å². The molecule has 1 atom stereocenters. The van der Waals surface area contributed by atoms with Crippen LogP contribution in [0, 0.1) is 6.92 Å². The van der Waals surface area contributed by atoms with E-state index in [-0.39, 0.29) is 11.9 Å². The van der Waals surface area contributed by atoms with Crippen LogP contribution in [0.2, 0.25) is 0 Å². The normalized spacial score (nSPS) is 15.8. The van der Waals surface area contributed by atoms with Crippen molar-refractivity contribution in [3.63, 3.8) is 0 Å². The second-order valence-corrected chi connectivity index (χ2v) is 6.50. The summed E-state index contributed by atoms with van der Waals surface area (Å²) in [5.74, 6) is 6.34. The summed E-state index contributed by atoms with van der Waals surface area (Å²) >= 11 is 1.56. The summed E-state index contributed by atoms with van der Waals surface area (Å²) < 4.78 is 0. The van der Waals surface area contributed by atoms with Crippen LogP contribution in [0.15, 0.2) is 6.07 Å². The van der Waals surface area contributed by atoms with Crippen LogP contribution in [0.5, 0.6) is 0 Å². The van der Waals surface area contributed by atoms with Crippen molar-refractivity contribution < 1.29 is 4.79 Å². The smallest absolute Gasteiger partial charge is 0.242 e. The lowest BCUT2D eigenvalue weighted by molar-refractivity contribution is -0.121. The number of aromatic nitrogens is 2. The fourth-order valence-electron chi connectivity index (χ4n) is 2.04. The molecule has 0 spiro atoms. The lowest BCUT2D eigenvalue weighted by Gasteiger charge is -2.15. The molecule has 3 rings (SSSR count). The number of nitrogen functional groups attached to an aromatic ring is 1. The highest BCUT2D eigenvalue weighted by Gasteiger charge is 2.26. The minimum atomic E-state index is -0.366. The molecule has 1 fully saturated rings. The molecule has 1 saturated carbocycles. The highest BCUT2D eigenvalue weighted by atomic mass is 32.1. The number of aryl methyl sites for hydroxylation is 1. The summed E-state index contributed by atoms with van der Waals surface area (Å²) in [7, 11) is 0. The Morgan fingerprint density at radius 3 is 2.90 bits per heavy atom. The van der Waals surface area contributed by atoms with Gasteiger partial charge in [-0.15, -0.1) is 11.3 Å². The van der Waals surface area contributed by atoms with Crippen LogP contribution in [-0.2, 0) is 4.79 Å². The van der Waals surface area contributed by atoms with Crippen molar-refractivity contribution in [3.8, 4) is 0 Å². The lowest BCUT2D eigenvalue weighted by Crippen LogP contribution is -2.38. The van der Waals surface area contributed by atoms with Crippen molar-refractivity contribution in [2.45, 2.75) is 38.8 Å².